The van der Waals surface area contributed by atoms with Gasteiger partial charge in [-0.2, -0.15) is 0 Å². The number of hydrogen-bond donors (Lipinski definition) is 2. The van der Waals surface area contributed by atoms with Gasteiger partial charge in [0.2, 0.25) is 0 Å². The SMILES string of the molecule is C/C(=N\c1ccc(-c2nc3ccc(C)cc3[nH]2)cc1N)c1ccccn1. The van der Waals surface area contributed by atoms with Gasteiger partial charge in [0.1, 0.15) is 5.82 Å². The number of imidazole rings is 1. The molecule has 0 aliphatic rings. The number of aliphatic imine (C=N–C) groups is 1. The van der Waals surface area contributed by atoms with E-state index in [9.17, 15) is 0 Å². The standard InChI is InChI=1S/C21H19N5/c1-13-6-8-19-20(11-13)26-21(25-19)15-7-9-18(16(22)12-15)24-14(2)17-5-3-4-10-23-17/h3-12H,22H2,1-2H3,(H,25,26)/b24-14+. The molecular formula is C21H19N5. The lowest BCUT2D eigenvalue weighted by atomic mass is 10.1. The van der Waals surface area contributed by atoms with Crippen LogP contribution in [0.3, 0.4) is 0 Å². The monoisotopic (exact) mass is 341 g/mol. The van der Waals surface area contributed by atoms with Gasteiger partial charge >= 0.3 is 0 Å². The summed E-state index contributed by atoms with van der Waals surface area (Å²) in [5.74, 6) is 0.800. The van der Waals surface area contributed by atoms with Crippen LogP contribution in [0.15, 0.2) is 65.8 Å². The second-order valence-electron chi connectivity index (χ2n) is 6.29. The van der Waals surface area contributed by atoms with Crippen LogP contribution in [0, 0.1) is 6.92 Å². The number of nitrogens with one attached hydrogen (secondary N) is 1. The molecular weight excluding hydrogens is 322 g/mol. The summed E-state index contributed by atoms with van der Waals surface area (Å²) in [4.78, 5) is 16.9. The quantitative estimate of drug-likeness (QED) is 0.420. The zero-order valence-corrected chi connectivity index (χ0v) is 14.7. The summed E-state index contributed by atoms with van der Waals surface area (Å²) in [5, 5.41) is 0. The first-order valence-electron chi connectivity index (χ1n) is 8.43. The van der Waals surface area contributed by atoms with Crippen LogP contribution in [-0.2, 0) is 0 Å². The second-order valence-corrected chi connectivity index (χ2v) is 6.29. The van der Waals surface area contributed by atoms with Gasteiger partial charge in [-0.15, -0.1) is 0 Å². The molecule has 128 valence electrons. The van der Waals surface area contributed by atoms with Crippen molar-refractivity contribution >= 4 is 28.1 Å². The zero-order chi connectivity index (χ0) is 18.1. The van der Waals surface area contributed by atoms with Crippen molar-refractivity contribution < 1.29 is 0 Å². The Labute approximate surface area is 151 Å². The van der Waals surface area contributed by atoms with E-state index in [1.165, 1.54) is 5.56 Å². The van der Waals surface area contributed by atoms with E-state index in [0.717, 1.165) is 39.5 Å². The largest absolute Gasteiger partial charge is 0.397 e. The Hall–Kier alpha value is -3.47. The molecule has 4 aromatic rings. The van der Waals surface area contributed by atoms with Gasteiger partial charge in [-0.25, -0.2) is 9.98 Å². The molecule has 0 saturated carbocycles. The minimum atomic E-state index is 0.606. The number of aromatic nitrogens is 3. The van der Waals surface area contributed by atoms with Gasteiger partial charge in [0, 0.05) is 11.8 Å². The third-order valence-electron chi connectivity index (χ3n) is 4.26. The van der Waals surface area contributed by atoms with Crippen molar-refractivity contribution in [1.29, 1.82) is 0 Å². The maximum atomic E-state index is 6.23. The molecule has 26 heavy (non-hydrogen) atoms. The predicted molar refractivity (Wildman–Crippen MR) is 107 cm³/mol. The first-order valence-corrected chi connectivity index (χ1v) is 8.43. The Bertz CT molecular complexity index is 1110. The number of benzene rings is 2. The molecule has 2 aromatic heterocycles. The van der Waals surface area contributed by atoms with Gasteiger partial charge < -0.3 is 10.7 Å². The van der Waals surface area contributed by atoms with E-state index in [2.05, 4.69) is 39.0 Å². The highest BCUT2D eigenvalue weighted by atomic mass is 14.9. The smallest absolute Gasteiger partial charge is 0.138 e. The van der Waals surface area contributed by atoms with E-state index in [0.29, 0.717) is 5.69 Å². The molecule has 3 N–H and O–H groups in total. The number of hydrogen-bond acceptors (Lipinski definition) is 4. The van der Waals surface area contributed by atoms with E-state index < -0.39 is 0 Å². The summed E-state index contributed by atoms with van der Waals surface area (Å²) in [5.41, 5.74) is 13.3. The van der Waals surface area contributed by atoms with E-state index in [1.54, 1.807) is 6.20 Å². The number of aryl methyl sites for hydroxylation is 1. The molecule has 5 nitrogen and oxygen atoms in total. The normalized spacial score (nSPS) is 11.8. The van der Waals surface area contributed by atoms with Crippen molar-refractivity contribution in [2.24, 2.45) is 4.99 Å². The molecule has 0 radical (unpaired) electrons. The Kier molecular flexibility index (Phi) is 3.97. The minimum Gasteiger partial charge on any atom is -0.397 e. The van der Waals surface area contributed by atoms with E-state index >= 15 is 0 Å². The number of rotatable bonds is 3. The lowest BCUT2D eigenvalue weighted by Crippen LogP contribution is -1.97. The lowest BCUT2D eigenvalue weighted by molar-refractivity contribution is 1.28. The molecule has 2 aromatic carbocycles. The molecule has 5 heteroatoms. The van der Waals surface area contributed by atoms with Crippen LogP contribution in [0.1, 0.15) is 18.2 Å². The Morgan fingerprint density at radius 2 is 1.96 bits per heavy atom. The molecule has 0 amide bonds. The summed E-state index contributed by atoms with van der Waals surface area (Å²) in [6, 6.07) is 17.7. The summed E-state index contributed by atoms with van der Waals surface area (Å²) < 4.78 is 0. The van der Waals surface area contributed by atoms with Gasteiger partial charge in [0.25, 0.3) is 0 Å². The summed E-state index contributed by atoms with van der Waals surface area (Å²) in [6.07, 6.45) is 1.75. The highest BCUT2D eigenvalue weighted by Gasteiger charge is 2.08. The highest BCUT2D eigenvalue weighted by molar-refractivity contribution is 5.99. The third kappa shape index (κ3) is 3.07. The second kappa shape index (κ2) is 6.44. The maximum absolute atomic E-state index is 6.23. The number of anilines is 1. The number of fused-ring (bicyclic) bond motifs is 1. The molecule has 0 fully saturated rings. The molecule has 0 unspecified atom stereocenters. The zero-order valence-electron chi connectivity index (χ0n) is 14.7. The van der Waals surface area contributed by atoms with E-state index in [1.807, 2.05) is 49.4 Å². The minimum absolute atomic E-state index is 0.606. The summed E-state index contributed by atoms with van der Waals surface area (Å²) >= 11 is 0. The fourth-order valence-corrected chi connectivity index (χ4v) is 2.88. The lowest BCUT2D eigenvalue weighted by Gasteiger charge is -2.05. The van der Waals surface area contributed by atoms with Crippen molar-refractivity contribution in [2.45, 2.75) is 13.8 Å². The van der Waals surface area contributed by atoms with Crippen LogP contribution in [0.2, 0.25) is 0 Å². The van der Waals surface area contributed by atoms with Crippen molar-refractivity contribution in [3.63, 3.8) is 0 Å². The number of nitrogens with two attached hydrogens (primary N) is 1. The predicted octanol–water partition coefficient (Wildman–Crippen LogP) is 4.66. The third-order valence-corrected chi connectivity index (χ3v) is 4.26. The van der Waals surface area contributed by atoms with Gasteiger partial charge in [0.05, 0.1) is 33.8 Å². The number of H-pyrrole nitrogens is 1. The first kappa shape index (κ1) is 16.0. The van der Waals surface area contributed by atoms with Gasteiger partial charge in [-0.1, -0.05) is 12.1 Å². The number of pyridine rings is 1. The van der Waals surface area contributed by atoms with Gasteiger partial charge in [0.15, 0.2) is 0 Å². The van der Waals surface area contributed by atoms with Crippen LogP contribution in [0.25, 0.3) is 22.4 Å². The van der Waals surface area contributed by atoms with E-state index in [4.69, 9.17) is 5.73 Å². The maximum Gasteiger partial charge on any atom is 0.138 e. The highest BCUT2D eigenvalue weighted by Crippen LogP contribution is 2.29. The molecule has 0 aliphatic carbocycles. The molecule has 0 bridgehead atoms. The average molecular weight is 341 g/mol. The number of nitrogen functional groups attached to an aromatic ring is 1. The molecule has 0 saturated heterocycles. The summed E-state index contributed by atoms with van der Waals surface area (Å²) in [6.45, 7) is 3.99. The fourth-order valence-electron chi connectivity index (χ4n) is 2.88. The van der Waals surface area contributed by atoms with Crippen LogP contribution >= 0.6 is 0 Å². The Morgan fingerprint density at radius 3 is 2.73 bits per heavy atom. The van der Waals surface area contributed by atoms with Gasteiger partial charge in [-0.3, -0.25) is 4.98 Å². The van der Waals surface area contributed by atoms with Crippen LogP contribution in [0.5, 0.6) is 0 Å². The first-order chi connectivity index (χ1) is 12.6. The van der Waals surface area contributed by atoms with Crippen LogP contribution in [0.4, 0.5) is 11.4 Å². The Morgan fingerprint density at radius 1 is 1.08 bits per heavy atom. The molecule has 0 aliphatic heterocycles. The van der Waals surface area contributed by atoms with Gasteiger partial charge in [-0.05, 0) is 61.9 Å². The van der Waals surface area contributed by atoms with Crippen molar-refractivity contribution in [3.05, 3.63) is 72.1 Å². The summed E-state index contributed by atoms with van der Waals surface area (Å²) in [7, 11) is 0. The van der Waals surface area contributed by atoms with Crippen molar-refractivity contribution in [3.8, 4) is 11.4 Å². The topological polar surface area (TPSA) is 80.0 Å². The number of aromatic amines is 1. The van der Waals surface area contributed by atoms with Crippen LogP contribution < -0.4 is 5.73 Å². The Balaban J connectivity index is 1.69. The molecule has 0 atom stereocenters. The molecule has 2 heterocycles. The molecule has 0 spiro atoms. The van der Waals surface area contributed by atoms with Crippen LogP contribution in [-0.4, -0.2) is 20.7 Å². The van der Waals surface area contributed by atoms with Crippen molar-refractivity contribution in [1.82, 2.24) is 15.0 Å². The van der Waals surface area contributed by atoms with E-state index in [-0.39, 0.29) is 0 Å². The molecule has 4 rings (SSSR count). The van der Waals surface area contributed by atoms with Crippen molar-refractivity contribution in [2.75, 3.05) is 5.73 Å². The number of nitrogens with zero attached hydrogens (tertiary/aromatic N) is 3. The average Bonchev–Trinajstić information content (AvgIpc) is 3.07. The fraction of sp³-hybridized carbons (Fsp3) is 0.0952.